The van der Waals surface area contributed by atoms with E-state index in [2.05, 4.69) is 33.4 Å². The summed E-state index contributed by atoms with van der Waals surface area (Å²) < 4.78 is 0.936. The molecule has 0 aliphatic heterocycles. The van der Waals surface area contributed by atoms with Crippen LogP contribution in [-0.4, -0.2) is 30.7 Å². The summed E-state index contributed by atoms with van der Waals surface area (Å²) in [6.45, 7) is 17.2. The quantitative estimate of drug-likeness (QED) is 0.401. The van der Waals surface area contributed by atoms with Crippen molar-refractivity contribution in [2.24, 2.45) is 0 Å². The van der Waals surface area contributed by atoms with E-state index < -0.39 is 0 Å². The van der Waals surface area contributed by atoms with Gasteiger partial charge in [0, 0.05) is 12.8 Å². The molecule has 0 aliphatic rings. The molecule has 0 spiro atoms. The van der Waals surface area contributed by atoms with E-state index in [0.29, 0.717) is 6.04 Å². The molecule has 0 bridgehead atoms. The number of quaternary nitrogens is 1. The highest BCUT2D eigenvalue weighted by Gasteiger charge is 2.28. The SMILES string of the molecule is C=CCC(CC=C)[N+](C)(CC=C)CC=C. The monoisotopic (exact) mass is 206 g/mol. The van der Waals surface area contributed by atoms with Crippen molar-refractivity contribution in [3.8, 4) is 0 Å². The Hall–Kier alpha value is -1.08. The van der Waals surface area contributed by atoms with Crippen LogP contribution in [0.25, 0.3) is 0 Å². The summed E-state index contributed by atoms with van der Waals surface area (Å²) in [6, 6.07) is 0.524. The number of hydrogen-bond donors (Lipinski definition) is 0. The Balaban J connectivity index is 4.76. The lowest BCUT2D eigenvalue weighted by molar-refractivity contribution is -0.922. The van der Waals surface area contributed by atoms with Crippen LogP contribution in [-0.2, 0) is 0 Å². The van der Waals surface area contributed by atoms with Gasteiger partial charge in [-0.1, -0.05) is 25.3 Å². The largest absolute Gasteiger partial charge is 0.317 e. The molecular formula is C14H24N+. The molecule has 0 N–H and O–H groups in total. The van der Waals surface area contributed by atoms with Crippen molar-refractivity contribution in [3.05, 3.63) is 50.6 Å². The lowest BCUT2D eigenvalue weighted by atomic mass is 10.1. The first-order valence-electron chi connectivity index (χ1n) is 5.42. The van der Waals surface area contributed by atoms with Gasteiger partial charge in [-0.15, -0.1) is 13.2 Å². The van der Waals surface area contributed by atoms with E-state index in [1.807, 2.05) is 24.3 Å². The Bertz CT molecular complexity index is 207. The van der Waals surface area contributed by atoms with E-state index in [0.717, 1.165) is 30.4 Å². The summed E-state index contributed by atoms with van der Waals surface area (Å²) in [5, 5.41) is 0. The van der Waals surface area contributed by atoms with Crippen LogP contribution in [0.2, 0.25) is 0 Å². The van der Waals surface area contributed by atoms with E-state index in [1.54, 1.807) is 0 Å². The van der Waals surface area contributed by atoms with Gasteiger partial charge in [-0.3, -0.25) is 0 Å². The Kier molecular flexibility index (Phi) is 6.72. The molecule has 0 heterocycles. The molecule has 0 radical (unpaired) electrons. The zero-order valence-corrected chi connectivity index (χ0v) is 9.99. The van der Waals surface area contributed by atoms with Crippen LogP contribution in [0.5, 0.6) is 0 Å². The van der Waals surface area contributed by atoms with E-state index in [-0.39, 0.29) is 0 Å². The summed E-state index contributed by atoms with van der Waals surface area (Å²) in [5.41, 5.74) is 0. The maximum absolute atomic E-state index is 3.83. The Labute approximate surface area is 94.7 Å². The minimum atomic E-state index is 0.524. The van der Waals surface area contributed by atoms with E-state index >= 15 is 0 Å². The van der Waals surface area contributed by atoms with Gasteiger partial charge in [0.1, 0.15) is 0 Å². The van der Waals surface area contributed by atoms with Crippen LogP contribution in [0.1, 0.15) is 12.8 Å². The van der Waals surface area contributed by atoms with Crippen molar-refractivity contribution in [1.29, 1.82) is 0 Å². The molecule has 0 saturated carbocycles. The van der Waals surface area contributed by atoms with Crippen molar-refractivity contribution in [2.45, 2.75) is 18.9 Å². The van der Waals surface area contributed by atoms with Gasteiger partial charge >= 0.3 is 0 Å². The first-order valence-corrected chi connectivity index (χ1v) is 5.42. The Morgan fingerprint density at radius 1 is 0.867 bits per heavy atom. The fraction of sp³-hybridized carbons (Fsp3) is 0.429. The molecule has 0 amide bonds. The minimum absolute atomic E-state index is 0.524. The summed E-state index contributed by atoms with van der Waals surface area (Å²) in [5.74, 6) is 0. The van der Waals surface area contributed by atoms with Crippen molar-refractivity contribution >= 4 is 0 Å². The number of rotatable bonds is 9. The molecule has 0 fully saturated rings. The molecule has 15 heavy (non-hydrogen) atoms. The molecule has 0 rings (SSSR count). The van der Waals surface area contributed by atoms with Crippen LogP contribution in [0.3, 0.4) is 0 Å². The van der Waals surface area contributed by atoms with Gasteiger partial charge in [0.2, 0.25) is 0 Å². The predicted molar refractivity (Wildman–Crippen MR) is 69.7 cm³/mol. The molecule has 0 aromatic rings. The molecule has 0 atom stereocenters. The van der Waals surface area contributed by atoms with Crippen molar-refractivity contribution in [3.63, 3.8) is 0 Å². The van der Waals surface area contributed by atoms with Gasteiger partial charge in [0.25, 0.3) is 0 Å². The molecule has 0 aromatic carbocycles. The topological polar surface area (TPSA) is 0 Å². The highest BCUT2D eigenvalue weighted by Crippen LogP contribution is 2.18. The number of likely N-dealkylation sites (N-methyl/N-ethyl adjacent to an activating group) is 1. The highest BCUT2D eigenvalue weighted by atomic mass is 15.3. The second-order valence-electron chi connectivity index (χ2n) is 4.12. The third-order valence-electron chi connectivity index (χ3n) is 2.85. The zero-order chi connectivity index (χ0) is 11.7. The normalized spacial score (nSPS) is 11.1. The second-order valence-corrected chi connectivity index (χ2v) is 4.12. The fourth-order valence-electron chi connectivity index (χ4n) is 1.95. The lowest BCUT2D eigenvalue weighted by Gasteiger charge is -2.39. The maximum Gasteiger partial charge on any atom is 0.0973 e. The van der Waals surface area contributed by atoms with Crippen LogP contribution in [0.4, 0.5) is 0 Å². The van der Waals surface area contributed by atoms with Gasteiger partial charge in [-0.05, 0) is 12.2 Å². The molecule has 0 aromatic heterocycles. The smallest absolute Gasteiger partial charge is 0.0973 e. The molecule has 0 saturated heterocycles. The minimum Gasteiger partial charge on any atom is -0.317 e. The van der Waals surface area contributed by atoms with Crippen LogP contribution < -0.4 is 0 Å². The van der Waals surface area contributed by atoms with Crippen molar-refractivity contribution in [1.82, 2.24) is 0 Å². The third kappa shape index (κ3) is 4.30. The summed E-state index contributed by atoms with van der Waals surface area (Å²) in [7, 11) is 2.24. The zero-order valence-electron chi connectivity index (χ0n) is 9.99. The molecule has 84 valence electrons. The Morgan fingerprint density at radius 2 is 1.27 bits per heavy atom. The van der Waals surface area contributed by atoms with Crippen LogP contribution in [0, 0.1) is 0 Å². The van der Waals surface area contributed by atoms with Gasteiger partial charge < -0.3 is 4.48 Å². The van der Waals surface area contributed by atoms with E-state index in [1.165, 1.54) is 0 Å². The molecule has 1 heteroatoms. The summed E-state index contributed by atoms with van der Waals surface area (Å²) >= 11 is 0. The molecule has 1 nitrogen and oxygen atoms in total. The molecule has 0 unspecified atom stereocenters. The predicted octanol–water partition coefficient (Wildman–Crippen LogP) is 3.33. The average molecular weight is 206 g/mol. The average Bonchev–Trinajstić information content (AvgIpc) is 2.18. The first-order chi connectivity index (χ1) is 7.14. The fourth-order valence-corrected chi connectivity index (χ4v) is 1.95. The maximum atomic E-state index is 3.83. The first kappa shape index (κ1) is 13.9. The van der Waals surface area contributed by atoms with E-state index in [4.69, 9.17) is 0 Å². The Morgan fingerprint density at radius 3 is 1.53 bits per heavy atom. The second kappa shape index (κ2) is 7.24. The lowest BCUT2D eigenvalue weighted by Crippen LogP contribution is -2.52. The summed E-state index contributed by atoms with van der Waals surface area (Å²) in [4.78, 5) is 0. The molecular weight excluding hydrogens is 182 g/mol. The van der Waals surface area contributed by atoms with Gasteiger partial charge in [0.05, 0.1) is 26.2 Å². The van der Waals surface area contributed by atoms with Crippen LogP contribution >= 0.6 is 0 Å². The van der Waals surface area contributed by atoms with Crippen LogP contribution in [0.15, 0.2) is 50.6 Å². The number of hydrogen-bond acceptors (Lipinski definition) is 0. The highest BCUT2D eigenvalue weighted by molar-refractivity contribution is 4.83. The van der Waals surface area contributed by atoms with Gasteiger partial charge in [-0.25, -0.2) is 0 Å². The van der Waals surface area contributed by atoms with Gasteiger partial charge in [-0.2, -0.15) is 0 Å². The van der Waals surface area contributed by atoms with Crippen molar-refractivity contribution < 1.29 is 4.48 Å². The third-order valence-corrected chi connectivity index (χ3v) is 2.85. The summed E-state index contributed by atoms with van der Waals surface area (Å²) in [6.07, 6.45) is 9.92. The van der Waals surface area contributed by atoms with E-state index in [9.17, 15) is 0 Å². The van der Waals surface area contributed by atoms with Gasteiger partial charge in [0.15, 0.2) is 0 Å². The van der Waals surface area contributed by atoms with Crippen molar-refractivity contribution in [2.75, 3.05) is 20.1 Å². The standard InChI is InChI=1S/C14H24N/c1-6-10-14(11-7-2)15(5,12-8-3)13-9-4/h6-9,14H,1-4,10-13H2,5H3/q+1. The molecule has 0 aliphatic carbocycles. The number of nitrogens with zero attached hydrogens (tertiary/aromatic N) is 1.